The van der Waals surface area contributed by atoms with Crippen molar-refractivity contribution in [1.29, 1.82) is 0 Å². The zero-order valence-corrected chi connectivity index (χ0v) is 20.5. The van der Waals surface area contributed by atoms with Gasteiger partial charge in [0.1, 0.15) is 5.56 Å². The molecule has 4 aromatic rings. The fraction of sp³-hybridized carbons (Fsp3) is 0.208. The Labute approximate surface area is 202 Å². The van der Waals surface area contributed by atoms with Crippen molar-refractivity contribution in [1.82, 2.24) is 19.9 Å². The molecule has 0 saturated carbocycles. The van der Waals surface area contributed by atoms with Crippen LogP contribution in [0.2, 0.25) is 5.02 Å². The number of halogens is 1. The van der Waals surface area contributed by atoms with Gasteiger partial charge in [0.05, 0.1) is 5.69 Å². The average molecular weight is 498 g/mol. The van der Waals surface area contributed by atoms with Crippen LogP contribution in [0.4, 0.5) is 0 Å². The number of hydrogen-bond donors (Lipinski definition) is 2. The maximum Gasteiger partial charge on any atom is 0.258 e. The highest BCUT2D eigenvalue weighted by Crippen LogP contribution is 2.37. The molecule has 0 atom stereocenters. The Bertz CT molecular complexity index is 1500. The van der Waals surface area contributed by atoms with E-state index in [4.69, 9.17) is 16.7 Å². The van der Waals surface area contributed by atoms with E-state index in [1.165, 1.54) is 4.52 Å². The standard InChI is InChI=1S/C24H24ClN5O3S/c1-14(2)12-28-23(31)20-22-27-13-18(17-6-4-5-7-19(17)25)21(16-10-8-15(3)9-11-16)30(22)29-24(20)34(26,32)33/h4-11,13-14H,12H2,1-3H3,(H,28,31)(H2,26,32,33). The Kier molecular flexibility index (Phi) is 6.44. The van der Waals surface area contributed by atoms with Gasteiger partial charge in [-0.1, -0.05) is 73.5 Å². The predicted octanol–water partition coefficient (Wildman–Crippen LogP) is 4.06. The molecule has 10 heteroatoms. The minimum Gasteiger partial charge on any atom is -0.352 e. The summed E-state index contributed by atoms with van der Waals surface area (Å²) in [6.07, 6.45) is 1.57. The van der Waals surface area contributed by atoms with Crippen LogP contribution in [0.1, 0.15) is 29.8 Å². The molecule has 0 unspecified atom stereocenters. The molecule has 0 saturated heterocycles. The third-order valence-corrected chi connectivity index (χ3v) is 6.42. The van der Waals surface area contributed by atoms with Crippen molar-refractivity contribution in [2.24, 2.45) is 11.1 Å². The van der Waals surface area contributed by atoms with Crippen LogP contribution in [0.3, 0.4) is 0 Å². The average Bonchev–Trinajstić information content (AvgIpc) is 3.18. The molecule has 0 fully saturated rings. The van der Waals surface area contributed by atoms with Crippen molar-refractivity contribution in [3.8, 4) is 22.4 Å². The summed E-state index contributed by atoms with van der Waals surface area (Å²) in [5, 5.41) is 12.4. The normalized spacial score (nSPS) is 11.8. The predicted molar refractivity (Wildman–Crippen MR) is 132 cm³/mol. The summed E-state index contributed by atoms with van der Waals surface area (Å²) in [6.45, 7) is 6.18. The van der Waals surface area contributed by atoms with Crippen LogP contribution in [0.15, 0.2) is 59.8 Å². The maximum absolute atomic E-state index is 13.0. The molecule has 8 nitrogen and oxygen atoms in total. The molecule has 3 N–H and O–H groups in total. The monoisotopic (exact) mass is 497 g/mol. The summed E-state index contributed by atoms with van der Waals surface area (Å²) in [5.74, 6) is -0.452. The van der Waals surface area contributed by atoms with E-state index in [0.29, 0.717) is 28.4 Å². The molecule has 0 aliphatic rings. The third-order valence-electron chi connectivity index (χ3n) is 5.27. The second-order valence-corrected chi connectivity index (χ2v) is 10.3. The molecule has 0 radical (unpaired) electrons. The summed E-state index contributed by atoms with van der Waals surface area (Å²) in [4.78, 5) is 17.5. The lowest BCUT2D eigenvalue weighted by Gasteiger charge is -2.13. The number of primary sulfonamides is 1. The third kappa shape index (κ3) is 4.54. The SMILES string of the molecule is Cc1ccc(-c2c(-c3ccccc3Cl)cnc3c(C(=O)NCC(C)C)c(S(N)(=O)=O)nn23)cc1. The Hall–Kier alpha value is -3.27. The minimum absolute atomic E-state index is 0.0802. The molecular formula is C24H24ClN5O3S. The Morgan fingerprint density at radius 3 is 2.41 bits per heavy atom. The lowest BCUT2D eigenvalue weighted by atomic mass is 10.00. The molecule has 2 aromatic carbocycles. The Morgan fingerprint density at radius 1 is 1.12 bits per heavy atom. The fourth-order valence-corrected chi connectivity index (χ4v) is 4.52. The molecule has 34 heavy (non-hydrogen) atoms. The van der Waals surface area contributed by atoms with Crippen LogP contribution >= 0.6 is 11.6 Å². The molecule has 0 bridgehead atoms. The number of nitrogens with zero attached hydrogens (tertiary/aromatic N) is 3. The molecule has 0 spiro atoms. The fourth-order valence-electron chi connectivity index (χ4n) is 3.61. The number of nitrogens with one attached hydrogen (secondary N) is 1. The molecule has 1 amide bonds. The van der Waals surface area contributed by atoms with Gasteiger partial charge in [0.15, 0.2) is 5.65 Å². The van der Waals surface area contributed by atoms with Crippen LogP contribution in [0.25, 0.3) is 28.0 Å². The molecule has 2 aromatic heterocycles. The van der Waals surface area contributed by atoms with Crippen molar-refractivity contribution in [3.05, 3.63) is 70.9 Å². The van der Waals surface area contributed by atoms with Gasteiger partial charge in [-0.25, -0.2) is 23.1 Å². The summed E-state index contributed by atoms with van der Waals surface area (Å²) >= 11 is 6.49. The second-order valence-electron chi connectivity index (χ2n) is 8.43. The van der Waals surface area contributed by atoms with Gasteiger partial charge in [0.25, 0.3) is 15.9 Å². The number of aromatic nitrogens is 3. The van der Waals surface area contributed by atoms with Crippen molar-refractivity contribution in [2.45, 2.75) is 25.8 Å². The highest BCUT2D eigenvalue weighted by atomic mass is 35.5. The van der Waals surface area contributed by atoms with Crippen molar-refractivity contribution in [3.63, 3.8) is 0 Å². The molecule has 176 valence electrons. The largest absolute Gasteiger partial charge is 0.352 e. The first-order valence-electron chi connectivity index (χ1n) is 10.6. The number of sulfonamides is 1. The lowest BCUT2D eigenvalue weighted by Crippen LogP contribution is -2.29. The summed E-state index contributed by atoms with van der Waals surface area (Å²) in [5.41, 5.74) is 3.52. The first kappa shape index (κ1) is 23.9. The molecule has 2 heterocycles. The number of carbonyl (C=O) groups excluding carboxylic acids is 1. The highest BCUT2D eigenvalue weighted by molar-refractivity contribution is 7.89. The zero-order valence-electron chi connectivity index (χ0n) is 18.9. The first-order valence-corrected chi connectivity index (χ1v) is 12.5. The number of nitrogens with two attached hydrogens (primary N) is 1. The number of rotatable bonds is 6. The molecular weight excluding hydrogens is 474 g/mol. The zero-order chi connectivity index (χ0) is 24.6. The van der Waals surface area contributed by atoms with E-state index in [9.17, 15) is 13.2 Å². The number of carbonyl (C=O) groups is 1. The second kappa shape index (κ2) is 9.17. The lowest BCUT2D eigenvalue weighted by molar-refractivity contribution is 0.0947. The van der Waals surface area contributed by atoms with Crippen molar-refractivity contribution >= 4 is 33.2 Å². The molecule has 4 rings (SSSR count). The summed E-state index contributed by atoms with van der Waals surface area (Å²) in [6, 6.07) is 14.9. The number of aryl methyl sites for hydroxylation is 1. The number of amides is 1. The topological polar surface area (TPSA) is 119 Å². The van der Waals surface area contributed by atoms with E-state index in [-0.39, 0.29) is 17.1 Å². The van der Waals surface area contributed by atoms with Gasteiger partial charge >= 0.3 is 0 Å². The van der Waals surface area contributed by atoms with E-state index in [1.807, 2.05) is 63.2 Å². The number of hydrogen-bond acceptors (Lipinski definition) is 5. The van der Waals surface area contributed by atoms with Crippen molar-refractivity contribution in [2.75, 3.05) is 6.54 Å². The highest BCUT2D eigenvalue weighted by Gasteiger charge is 2.30. The smallest absolute Gasteiger partial charge is 0.258 e. The Morgan fingerprint density at radius 2 is 1.79 bits per heavy atom. The van der Waals surface area contributed by atoms with E-state index in [1.54, 1.807) is 12.3 Å². The summed E-state index contributed by atoms with van der Waals surface area (Å²) < 4.78 is 26.2. The van der Waals surface area contributed by atoms with Crippen LogP contribution in [-0.4, -0.2) is 35.5 Å². The quantitative estimate of drug-likeness (QED) is 0.416. The van der Waals surface area contributed by atoms with E-state index >= 15 is 0 Å². The van der Waals surface area contributed by atoms with Gasteiger partial charge in [-0.3, -0.25) is 4.79 Å². The van der Waals surface area contributed by atoms with Crippen LogP contribution in [-0.2, 0) is 10.0 Å². The van der Waals surface area contributed by atoms with Gasteiger partial charge in [0.2, 0.25) is 5.03 Å². The van der Waals surface area contributed by atoms with Gasteiger partial charge in [-0.05, 0) is 18.9 Å². The summed E-state index contributed by atoms with van der Waals surface area (Å²) in [7, 11) is -4.33. The molecule has 0 aliphatic carbocycles. The Balaban J connectivity index is 2.09. The van der Waals surface area contributed by atoms with Gasteiger partial charge in [-0.2, -0.15) is 5.10 Å². The van der Waals surface area contributed by atoms with Gasteiger partial charge in [0, 0.05) is 34.5 Å². The van der Waals surface area contributed by atoms with Crippen molar-refractivity contribution < 1.29 is 13.2 Å². The van der Waals surface area contributed by atoms with E-state index < -0.39 is 21.0 Å². The van der Waals surface area contributed by atoms with Crippen LogP contribution in [0.5, 0.6) is 0 Å². The maximum atomic E-state index is 13.0. The van der Waals surface area contributed by atoms with Crippen LogP contribution < -0.4 is 10.5 Å². The van der Waals surface area contributed by atoms with Gasteiger partial charge < -0.3 is 5.32 Å². The first-order chi connectivity index (χ1) is 16.1. The number of fused-ring (bicyclic) bond motifs is 1. The van der Waals surface area contributed by atoms with Crippen LogP contribution in [0, 0.1) is 12.8 Å². The van der Waals surface area contributed by atoms with E-state index in [2.05, 4.69) is 15.4 Å². The minimum atomic E-state index is -4.33. The van der Waals surface area contributed by atoms with E-state index in [0.717, 1.165) is 11.1 Å². The van der Waals surface area contributed by atoms with Gasteiger partial charge in [-0.15, -0.1) is 0 Å². The number of benzene rings is 2. The molecule has 0 aliphatic heterocycles.